The molecule has 0 saturated heterocycles. The molecular formula is C20H47Cl2N5O5. The van der Waals surface area contributed by atoms with Crippen molar-refractivity contribution in [3.05, 3.63) is 0 Å². The predicted molar refractivity (Wildman–Crippen MR) is 133 cm³/mol. The monoisotopic (exact) mass is 507 g/mol. The number of esters is 2. The van der Waals surface area contributed by atoms with Crippen LogP contribution in [0.15, 0.2) is 0 Å². The first kappa shape index (κ1) is 38.5. The second kappa shape index (κ2) is 37.6. The Hall–Kier alpha value is -0.720. The van der Waals surface area contributed by atoms with Gasteiger partial charge in [-0.2, -0.15) is 0 Å². The number of hydrogen-bond acceptors (Lipinski definition) is 10. The van der Waals surface area contributed by atoms with Crippen molar-refractivity contribution in [2.75, 3.05) is 92.6 Å². The number of alkyl halides is 2. The van der Waals surface area contributed by atoms with Gasteiger partial charge in [-0.1, -0.05) is 0 Å². The van der Waals surface area contributed by atoms with Gasteiger partial charge in [0.25, 0.3) is 0 Å². The van der Waals surface area contributed by atoms with Crippen molar-refractivity contribution < 1.29 is 23.8 Å². The van der Waals surface area contributed by atoms with Crippen LogP contribution in [0, 0.1) is 0 Å². The van der Waals surface area contributed by atoms with Gasteiger partial charge >= 0.3 is 11.9 Å². The standard InChI is InChI=1S/C7H12O4.C5H14N2.C4H8Cl2O.C4H13N3/c1-10-6(8)4-3-5-7(9)11-2;1-7(2)5-3-4-6;2*5-1-3-7-4-2-6/h3-5H2,1-2H3;3-6H2,1-2H3;1-4H2;7H,1-6H2. The number of halogens is 2. The Morgan fingerprint density at radius 1 is 0.812 bits per heavy atom. The molecule has 0 aromatic rings. The number of methoxy groups -OCH3 is 2. The summed E-state index contributed by atoms with van der Waals surface area (Å²) >= 11 is 10.5. The van der Waals surface area contributed by atoms with Gasteiger partial charge in [0, 0.05) is 50.8 Å². The van der Waals surface area contributed by atoms with Crippen molar-refractivity contribution in [1.29, 1.82) is 0 Å². The van der Waals surface area contributed by atoms with Crippen molar-refractivity contribution >= 4 is 35.1 Å². The minimum absolute atomic E-state index is 0.269. The highest BCUT2D eigenvalue weighted by Gasteiger charge is 2.03. The topological polar surface area (TPSA) is 155 Å². The Kier molecular flexibility index (Phi) is 45.3. The summed E-state index contributed by atoms with van der Waals surface area (Å²) in [5.74, 6) is 0.510. The summed E-state index contributed by atoms with van der Waals surface area (Å²) in [6.07, 6.45) is 2.13. The Bertz CT molecular complexity index is 337. The summed E-state index contributed by atoms with van der Waals surface area (Å²) in [6, 6.07) is 0. The van der Waals surface area contributed by atoms with E-state index in [1.165, 1.54) is 14.2 Å². The van der Waals surface area contributed by atoms with Crippen LogP contribution < -0.4 is 22.5 Å². The fourth-order valence-corrected chi connectivity index (χ4v) is 1.75. The second-order valence-electron chi connectivity index (χ2n) is 6.27. The maximum atomic E-state index is 10.5. The van der Waals surface area contributed by atoms with Crippen molar-refractivity contribution in [2.24, 2.45) is 17.2 Å². The molecule has 0 aliphatic carbocycles. The van der Waals surface area contributed by atoms with Crippen LogP contribution >= 0.6 is 23.2 Å². The Morgan fingerprint density at radius 2 is 1.25 bits per heavy atom. The van der Waals surface area contributed by atoms with Gasteiger partial charge in [-0.25, -0.2) is 0 Å². The summed E-state index contributed by atoms with van der Waals surface area (Å²) in [5.41, 5.74) is 15.6. The number of nitrogens with two attached hydrogens (primary N) is 3. The van der Waals surface area contributed by atoms with E-state index in [4.69, 9.17) is 45.1 Å². The Morgan fingerprint density at radius 3 is 1.50 bits per heavy atom. The molecule has 0 aliphatic rings. The minimum Gasteiger partial charge on any atom is -0.469 e. The van der Waals surface area contributed by atoms with Gasteiger partial charge in [0.1, 0.15) is 0 Å². The molecule has 0 rings (SSSR count). The van der Waals surface area contributed by atoms with Gasteiger partial charge in [0.2, 0.25) is 0 Å². The molecular weight excluding hydrogens is 461 g/mol. The molecule has 196 valence electrons. The van der Waals surface area contributed by atoms with E-state index >= 15 is 0 Å². The molecule has 0 bridgehead atoms. The van der Waals surface area contributed by atoms with Gasteiger partial charge < -0.3 is 41.6 Å². The summed E-state index contributed by atoms with van der Waals surface area (Å²) < 4.78 is 13.6. The lowest BCUT2D eigenvalue weighted by molar-refractivity contribution is -0.142. The highest BCUT2D eigenvalue weighted by molar-refractivity contribution is 6.18. The van der Waals surface area contributed by atoms with E-state index < -0.39 is 0 Å². The molecule has 7 N–H and O–H groups in total. The zero-order valence-corrected chi connectivity index (χ0v) is 21.9. The maximum Gasteiger partial charge on any atom is 0.305 e. The first-order chi connectivity index (χ1) is 15.3. The number of carbonyl (C=O) groups excluding carboxylic acids is 2. The molecule has 10 nitrogen and oxygen atoms in total. The number of carbonyl (C=O) groups is 2. The summed E-state index contributed by atoms with van der Waals surface area (Å²) in [4.78, 5) is 23.1. The lowest BCUT2D eigenvalue weighted by Crippen LogP contribution is -2.27. The van der Waals surface area contributed by atoms with E-state index in [0.29, 0.717) is 44.5 Å². The molecule has 12 heteroatoms. The number of nitrogens with one attached hydrogen (secondary N) is 1. The maximum absolute atomic E-state index is 10.5. The number of rotatable bonds is 15. The molecule has 0 spiro atoms. The predicted octanol–water partition coefficient (Wildman–Crippen LogP) is 0.374. The van der Waals surface area contributed by atoms with Crippen LogP contribution in [0.3, 0.4) is 0 Å². The summed E-state index contributed by atoms with van der Waals surface area (Å²) in [6.45, 7) is 6.26. The SMILES string of the molecule is CN(C)CCCN.COC(=O)CCCC(=O)OC.ClCCOCCCl.NCCNCCN. The molecule has 0 fully saturated rings. The first-order valence-electron chi connectivity index (χ1n) is 10.6. The number of ether oxygens (including phenoxy) is 3. The average Bonchev–Trinajstić information content (AvgIpc) is 2.79. The lowest BCUT2D eigenvalue weighted by atomic mass is 10.2. The molecule has 0 radical (unpaired) electrons. The highest BCUT2D eigenvalue weighted by Crippen LogP contribution is 1.97. The van der Waals surface area contributed by atoms with E-state index in [1.54, 1.807) is 0 Å². The van der Waals surface area contributed by atoms with Crippen LogP contribution in [0.4, 0.5) is 0 Å². The van der Waals surface area contributed by atoms with E-state index in [1.807, 2.05) is 0 Å². The van der Waals surface area contributed by atoms with Crippen molar-refractivity contribution in [3.8, 4) is 0 Å². The third kappa shape index (κ3) is 51.7. The van der Waals surface area contributed by atoms with E-state index in [2.05, 4.69) is 33.8 Å². The van der Waals surface area contributed by atoms with Gasteiger partial charge in [-0.15, -0.1) is 23.2 Å². The quantitative estimate of drug-likeness (QED) is 0.139. The molecule has 0 heterocycles. The fourth-order valence-electron chi connectivity index (χ4n) is 1.53. The van der Waals surface area contributed by atoms with Crippen molar-refractivity contribution in [1.82, 2.24) is 10.2 Å². The molecule has 32 heavy (non-hydrogen) atoms. The van der Waals surface area contributed by atoms with E-state index in [9.17, 15) is 9.59 Å². The molecule has 0 aromatic heterocycles. The molecule has 0 saturated carbocycles. The first-order valence-corrected chi connectivity index (χ1v) is 11.7. The number of nitrogens with zero attached hydrogens (tertiary/aromatic N) is 1. The Labute approximate surface area is 204 Å². The Balaban J connectivity index is -0.000000167. The third-order valence-corrected chi connectivity index (χ3v) is 3.42. The van der Waals surface area contributed by atoms with Crippen LogP contribution in [0.2, 0.25) is 0 Å². The van der Waals surface area contributed by atoms with Crippen LogP contribution in [-0.4, -0.2) is 109 Å². The van der Waals surface area contributed by atoms with E-state index in [0.717, 1.165) is 32.6 Å². The molecule has 0 amide bonds. The van der Waals surface area contributed by atoms with Crippen LogP contribution in [-0.2, 0) is 23.8 Å². The largest absolute Gasteiger partial charge is 0.469 e. The number of hydrogen-bond donors (Lipinski definition) is 4. The van der Waals surface area contributed by atoms with Gasteiger partial charge in [-0.3, -0.25) is 9.59 Å². The normalized spacial score (nSPS) is 9.44. The van der Waals surface area contributed by atoms with Gasteiger partial charge in [0.15, 0.2) is 0 Å². The van der Waals surface area contributed by atoms with Crippen LogP contribution in [0.1, 0.15) is 25.7 Å². The molecule has 0 aliphatic heterocycles. The fraction of sp³-hybridized carbons (Fsp3) is 0.900. The molecule has 0 aromatic carbocycles. The van der Waals surface area contributed by atoms with Crippen molar-refractivity contribution in [3.63, 3.8) is 0 Å². The van der Waals surface area contributed by atoms with Gasteiger partial charge in [0.05, 0.1) is 27.4 Å². The summed E-state index contributed by atoms with van der Waals surface area (Å²) in [5, 5.41) is 3.03. The minimum atomic E-state index is -0.297. The zero-order chi connectivity index (χ0) is 25.5. The van der Waals surface area contributed by atoms with Crippen molar-refractivity contribution in [2.45, 2.75) is 25.7 Å². The molecule has 0 atom stereocenters. The second-order valence-corrected chi connectivity index (χ2v) is 7.02. The highest BCUT2D eigenvalue weighted by atomic mass is 35.5. The van der Waals surface area contributed by atoms with E-state index in [-0.39, 0.29) is 24.8 Å². The third-order valence-electron chi connectivity index (χ3n) is 3.11. The summed E-state index contributed by atoms with van der Waals surface area (Å²) in [7, 11) is 6.74. The van der Waals surface area contributed by atoms with Gasteiger partial charge in [-0.05, 0) is 40.0 Å². The lowest BCUT2D eigenvalue weighted by Gasteiger charge is -2.05. The zero-order valence-electron chi connectivity index (χ0n) is 20.4. The smallest absolute Gasteiger partial charge is 0.305 e. The van der Waals surface area contributed by atoms with Crippen LogP contribution in [0.25, 0.3) is 0 Å². The van der Waals surface area contributed by atoms with Crippen LogP contribution in [0.5, 0.6) is 0 Å². The average molecular weight is 509 g/mol. The molecule has 0 unspecified atom stereocenters.